The van der Waals surface area contributed by atoms with E-state index in [2.05, 4.69) is 43.0 Å². The first-order valence-corrected chi connectivity index (χ1v) is 7.97. The zero-order valence-electron chi connectivity index (χ0n) is 12.8. The normalized spacial score (nSPS) is 23.8. The van der Waals surface area contributed by atoms with Crippen molar-refractivity contribution in [3.05, 3.63) is 29.8 Å². The van der Waals surface area contributed by atoms with E-state index < -0.39 is 0 Å². The first kappa shape index (κ1) is 15.3. The third kappa shape index (κ3) is 3.53. The number of hydrogen-bond acceptors (Lipinski definition) is 3. The summed E-state index contributed by atoms with van der Waals surface area (Å²) in [5, 5.41) is 0. The van der Waals surface area contributed by atoms with Crippen molar-refractivity contribution in [1.82, 2.24) is 4.90 Å². The lowest BCUT2D eigenvalue weighted by molar-refractivity contribution is 0.102. The maximum absolute atomic E-state index is 5.99. The molecule has 1 heterocycles. The Hall–Kier alpha value is -1.06. The SMILES string of the molecule is CCCOc1ccc(C2C(CN)CCCN2CC)cc1. The zero-order valence-corrected chi connectivity index (χ0v) is 12.8. The smallest absolute Gasteiger partial charge is 0.119 e. The monoisotopic (exact) mass is 276 g/mol. The van der Waals surface area contributed by atoms with Crippen LogP contribution >= 0.6 is 0 Å². The van der Waals surface area contributed by atoms with Crippen LogP contribution in [-0.4, -0.2) is 31.1 Å². The topological polar surface area (TPSA) is 38.5 Å². The molecule has 0 saturated carbocycles. The molecule has 2 atom stereocenters. The summed E-state index contributed by atoms with van der Waals surface area (Å²) < 4.78 is 5.67. The molecule has 2 unspecified atom stereocenters. The average molecular weight is 276 g/mol. The van der Waals surface area contributed by atoms with Crippen molar-refractivity contribution in [2.24, 2.45) is 11.7 Å². The van der Waals surface area contributed by atoms with Crippen LogP contribution in [0.4, 0.5) is 0 Å². The molecule has 2 rings (SSSR count). The van der Waals surface area contributed by atoms with Crippen molar-refractivity contribution in [3.8, 4) is 5.75 Å². The summed E-state index contributed by atoms with van der Waals surface area (Å²) in [6.07, 6.45) is 3.55. The Morgan fingerprint density at radius 1 is 1.25 bits per heavy atom. The van der Waals surface area contributed by atoms with E-state index in [0.29, 0.717) is 12.0 Å². The van der Waals surface area contributed by atoms with Crippen molar-refractivity contribution in [1.29, 1.82) is 0 Å². The highest BCUT2D eigenvalue weighted by Crippen LogP contribution is 2.35. The second-order valence-electron chi connectivity index (χ2n) is 5.63. The molecule has 3 nitrogen and oxygen atoms in total. The van der Waals surface area contributed by atoms with E-state index in [0.717, 1.165) is 31.9 Å². The molecule has 0 amide bonds. The molecular weight excluding hydrogens is 248 g/mol. The Bertz CT molecular complexity index is 378. The van der Waals surface area contributed by atoms with Gasteiger partial charge in [0.25, 0.3) is 0 Å². The molecular formula is C17H28N2O. The maximum Gasteiger partial charge on any atom is 0.119 e. The van der Waals surface area contributed by atoms with Crippen LogP contribution in [0.2, 0.25) is 0 Å². The molecule has 20 heavy (non-hydrogen) atoms. The van der Waals surface area contributed by atoms with Gasteiger partial charge in [-0.1, -0.05) is 26.0 Å². The quantitative estimate of drug-likeness (QED) is 0.867. The van der Waals surface area contributed by atoms with Gasteiger partial charge in [-0.05, 0) is 62.5 Å². The van der Waals surface area contributed by atoms with Gasteiger partial charge in [0.15, 0.2) is 0 Å². The third-order valence-corrected chi connectivity index (χ3v) is 4.26. The van der Waals surface area contributed by atoms with Crippen LogP contribution in [0.3, 0.4) is 0 Å². The molecule has 1 aromatic rings. The largest absolute Gasteiger partial charge is 0.494 e. The summed E-state index contributed by atoms with van der Waals surface area (Å²) in [5.74, 6) is 1.55. The van der Waals surface area contributed by atoms with E-state index >= 15 is 0 Å². The number of piperidine rings is 1. The second kappa shape index (κ2) is 7.65. The minimum absolute atomic E-state index is 0.471. The van der Waals surface area contributed by atoms with Crippen molar-refractivity contribution >= 4 is 0 Å². The molecule has 1 fully saturated rings. The highest BCUT2D eigenvalue weighted by Gasteiger charge is 2.30. The number of benzene rings is 1. The van der Waals surface area contributed by atoms with Gasteiger partial charge < -0.3 is 10.5 Å². The molecule has 0 aliphatic carbocycles. The zero-order chi connectivity index (χ0) is 14.4. The van der Waals surface area contributed by atoms with E-state index in [1.54, 1.807) is 0 Å². The fourth-order valence-corrected chi connectivity index (χ4v) is 3.22. The number of rotatable bonds is 6. The van der Waals surface area contributed by atoms with Crippen LogP contribution in [-0.2, 0) is 0 Å². The van der Waals surface area contributed by atoms with Gasteiger partial charge in [-0.3, -0.25) is 4.90 Å². The summed E-state index contributed by atoms with van der Waals surface area (Å²) in [7, 11) is 0. The lowest BCUT2D eigenvalue weighted by atomic mass is 9.84. The summed E-state index contributed by atoms with van der Waals surface area (Å²) in [6.45, 7) is 8.21. The van der Waals surface area contributed by atoms with Gasteiger partial charge >= 0.3 is 0 Å². The Morgan fingerprint density at radius 2 is 2.00 bits per heavy atom. The average Bonchev–Trinajstić information content (AvgIpc) is 2.52. The lowest BCUT2D eigenvalue weighted by Gasteiger charge is -2.41. The lowest BCUT2D eigenvalue weighted by Crippen LogP contribution is -2.41. The second-order valence-corrected chi connectivity index (χ2v) is 5.63. The van der Waals surface area contributed by atoms with Gasteiger partial charge in [0.05, 0.1) is 6.61 Å². The van der Waals surface area contributed by atoms with E-state index in [1.807, 2.05) is 0 Å². The van der Waals surface area contributed by atoms with Crippen LogP contribution in [0.1, 0.15) is 44.7 Å². The predicted molar refractivity (Wildman–Crippen MR) is 84.0 cm³/mol. The highest BCUT2D eigenvalue weighted by molar-refractivity contribution is 5.30. The molecule has 1 aromatic carbocycles. The number of hydrogen-bond donors (Lipinski definition) is 1. The third-order valence-electron chi connectivity index (χ3n) is 4.26. The van der Waals surface area contributed by atoms with Gasteiger partial charge in [-0.2, -0.15) is 0 Å². The molecule has 0 radical (unpaired) electrons. The molecule has 1 aliphatic rings. The summed E-state index contributed by atoms with van der Waals surface area (Å²) in [4.78, 5) is 2.56. The van der Waals surface area contributed by atoms with Crippen LogP contribution in [0, 0.1) is 5.92 Å². The van der Waals surface area contributed by atoms with Gasteiger partial charge in [0.2, 0.25) is 0 Å². The Labute approximate surface area is 123 Å². The molecule has 3 heteroatoms. The minimum atomic E-state index is 0.471. The Morgan fingerprint density at radius 3 is 2.60 bits per heavy atom. The molecule has 2 N–H and O–H groups in total. The molecule has 0 spiro atoms. The minimum Gasteiger partial charge on any atom is -0.494 e. The van der Waals surface area contributed by atoms with Crippen molar-refractivity contribution in [2.45, 2.75) is 39.2 Å². The van der Waals surface area contributed by atoms with E-state index in [9.17, 15) is 0 Å². The van der Waals surface area contributed by atoms with Gasteiger partial charge in [-0.15, -0.1) is 0 Å². The number of nitrogens with two attached hydrogens (primary N) is 1. The predicted octanol–water partition coefficient (Wildman–Crippen LogP) is 3.21. The summed E-state index contributed by atoms with van der Waals surface area (Å²) in [6, 6.07) is 9.10. The summed E-state index contributed by atoms with van der Waals surface area (Å²) in [5.41, 5.74) is 7.37. The number of ether oxygens (including phenoxy) is 1. The van der Waals surface area contributed by atoms with Crippen LogP contribution < -0.4 is 10.5 Å². The van der Waals surface area contributed by atoms with E-state index in [1.165, 1.54) is 24.9 Å². The van der Waals surface area contributed by atoms with Crippen LogP contribution in [0.25, 0.3) is 0 Å². The fourth-order valence-electron chi connectivity index (χ4n) is 3.22. The van der Waals surface area contributed by atoms with E-state index in [4.69, 9.17) is 10.5 Å². The van der Waals surface area contributed by atoms with Crippen molar-refractivity contribution in [3.63, 3.8) is 0 Å². The van der Waals surface area contributed by atoms with Gasteiger partial charge in [-0.25, -0.2) is 0 Å². The molecule has 112 valence electrons. The molecule has 1 aliphatic heterocycles. The Balaban J connectivity index is 2.13. The summed E-state index contributed by atoms with van der Waals surface area (Å²) >= 11 is 0. The molecule has 1 saturated heterocycles. The van der Waals surface area contributed by atoms with Crippen molar-refractivity contribution < 1.29 is 4.74 Å². The highest BCUT2D eigenvalue weighted by atomic mass is 16.5. The fraction of sp³-hybridized carbons (Fsp3) is 0.647. The number of likely N-dealkylation sites (tertiary alicyclic amines) is 1. The molecule has 0 aromatic heterocycles. The maximum atomic E-state index is 5.99. The first-order valence-electron chi connectivity index (χ1n) is 7.97. The van der Waals surface area contributed by atoms with E-state index in [-0.39, 0.29) is 0 Å². The Kier molecular flexibility index (Phi) is 5.86. The standard InChI is InChI=1S/C17H28N2O/c1-3-12-20-16-9-7-14(8-10-16)17-15(13-18)6-5-11-19(17)4-2/h7-10,15,17H,3-6,11-13,18H2,1-2H3. The van der Waals surface area contributed by atoms with Gasteiger partial charge in [0, 0.05) is 6.04 Å². The van der Waals surface area contributed by atoms with Crippen molar-refractivity contribution in [2.75, 3.05) is 26.2 Å². The van der Waals surface area contributed by atoms with Crippen LogP contribution in [0.5, 0.6) is 5.75 Å². The molecule has 0 bridgehead atoms. The first-order chi connectivity index (χ1) is 9.80. The number of nitrogens with zero attached hydrogens (tertiary/aromatic N) is 1. The van der Waals surface area contributed by atoms with Gasteiger partial charge in [0.1, 0.15) is 5.75 Å². The van der Waals surface area contributed by atoms with Crippen LogP contribution in [0.15, 0.2) is 24.3 Å².